The number of benzene rings is 2. The predicted octanol–water partition coefficient (Wildman–Crippen LogP) is 4.60. The summed E-state index contributed by atoms with van der Waals surface area (Å²) in [6, 6.07) is 14.3. The SMILES string of the molecule is COC(=O)N[C@H]1C[C@H]2C[C@H]1OC/C=C\c1ccc(cc1)-c1c(-c3cn(C)nc3F)n(S(=O)(=O)c3ccccc3)c3ncc4c(c13)n2c(=O)n4C. The normalized spacial score (nSPS) is 19.6. The number of imidazole rings is 1. The summed E-state index contributed by atoms with van der Waals surface area (Å²) in [4.78, 5) is 31.3. The highest BCUT2D eigenvalue weighted by molar-refractivity contribution is 7.90. The quantitative estimate of drug-likeness (QED) is 0.282. The van der Waals surface area contributed by atoms with Gasteiger partial charge in [-0.25, -0.2) is 27.0 Å². The summed E-state index contributed by atoms with van der Waals surface area (Å²) in [6.45, 7) is 0.254. The Morgan fingerprint density at radius 3 is 2.54 bits per heavy atom. The summed E-state index contributed by atoms with van der Waals surface area (Å²) >= 11 is 0. The fourth-order valence-corrected chi connectivity index (χ4v) is 8.82. The second kappa shape index (κ2) is 11.8. The average molecular weight is 698 g/mol. The highest BCUT2D eigenvalue weighted by atomic mass is 32.2. The maximum Gasteiger partial charge on any atom is 0.407 e. The molecule has 0 unspecified atom stereocenters. The lowest BCUT2D eigenvalue weighted by molar-refractivity contribution is 0.0563. The van der Waals surface area contributed by atoms with Gasteiger partial charge in [-0.1, -0.05) is 54.6 Å². The van der Waals surface area contributed by atoms with Crippen molar-refractivity contribution >= 4 is 44.3 Å². The third-order valence-electron chi connectivity index (χ3n) is 9.56. The van der Waals surface area contributed by atoms with Crippen LogP contribution >= 0.6 is 0 Å². The monoisotopic (exact) mass is 697 g/mol. The number of methoxy groups -OCH3 is 1. The number of aromatic nitrogens is 6. The van der Waals surface area contributed by atoms with Crippen LogP contribution in [-0.4, -0.2) is 68.2 Å². The molecule has 3 atom stereocenters. The molecule has 1 saturated carbocycles. The number of aryl methyl sites for hydroxylation is 2. The largest absolute Gasteiger partial charge is 0.453 e. The molecule has 0 radical (unpaired) electrons. The second-order valence-electron chi connectivity index (χ2n) is 12.5. The number of alkyl carbamates (subject to hydrolysis) is 1. The fourth-order valence-electron chi connectivity index (χ4n) is 7.31. The Bertz CT molecular complexity index is 2520. The molecule has 2 aromatic carbocycles. The number of nitrogens with zero attached hydrogens (tertiary/aromatic N) is 6. The van der Waals surface area contributed by atoms with Gasteiger partial charge < -0.3 is 14.8 Å². The number of rotatable bonds is 4. The molecule has 1 N–H and O–H groups in total. The molecule has 1 amide bonds. The van der Waals surface area contributed by atoms with Gasteiger partial charge in [-0.15, -0.1) is 5.10 Å². The average Bonchev–Trinajstić information content (AvgIpc) is 3.83. The molecule has 4 aromatic heterocycles. The first-order chi connectivity index (χ1) is 24.1. The van der Waals surface area contributed by atoms with E-state index >= 15 is 4.39 Å². The molecule has 2 aliphatic heterocycles. The van der Waals surface area contributed by atoms with E-state index in [1.54, 1.807) is 36.9 Å². The van der Waals surface area contributed by atoms with Crippen molar-refractivity contribution in [3.05, 3.63) is 95.1 Å². The first-order valence-electron chi connectivity index (χ1n) is 16.0. The lowest BCUT2D eigenvalue weighted by atomic mass is 9.98. The van der Waals surface area contributed by atoms with E-state index in [1.807, 2.05) is 36.4 Å². The van der Waals surface area contributed by atoms with Gasteiger partial charge in [0.1, 0.15) is 0 Å². The van der Waals surface area contributed by atoms with E-state index in [-0.39, 0.29) is 34.1 Å². The molecule has 9 rings (SSSR count). The van der Waals surface area contributed by atoms with Crippen LogP contribution in [-0.2, 0) is 33.6 Å². The van der Waals surface area contributed by atoms with Gasteiger partial charge in [0.25, 0.3) is 10.0 Å². The minimum atomic E-state index is -4.42. The molecule has 13 nitrogen and oxygen atoms in total. The minimum absolute atomic E-state index is 0.0114. The molecular formula is C35H32FN7O6S. The maximum absolute atomic E-state index is 15.9. The summed E-state index contributed by atoms with van der Waals surface area (Å²) in [5, 5.41) is 7.14. The standard InChI is InChI=1S/C35H32FN7O6S/c1-40-19-24(32(36)39-40)30-28-21-13-11-20(12-14-21)8-7-15-49-27-17-22(16-25(27)38-34(44)48-3)42-31-26(41(2)35(42)45)18-37-33(29(28)31)43(30)50(46,47)23-9-5-4-6-10-23/h4-14,18-19,22,25,27H,15-17H2,1-3H3,(H,38,44)/b8-7-/t22-,25-,27+/m0/s1. The van der Waals surface area contributed by atoms with Gasteiger partial charge in [0.2, 0.25) is 5.95 Å². The Hall–Kier alpha value is -5.54. The molecule has 256 valence electrons. The van der Waals surface area contributed by atoms with Crippen molar-refractivity contribution in [3.8, 4) is 22.4 Å². The van der Waals surface area contributed by atoms with E-state index in [0.29, 0.717) is 40.4 Å². The summed E-state index contributed by atoms with van der Waals surface area (Å²) in [6.07, 6.45) is 6.23. The van der Waals surface area contributed by atoms with Crippen molar-refractivity contribution in [2.24, 2.45) is 14.1 Å². The number of hydrogen-bond acceptors (Lipinski definition) is 8. The van der Waals surface area contributed by atoms with E-state index in [1.165, 1.54) is 40.9 Å². The Kier molecular flexibility index (Phi) is 7.49. The number of pyridine rings is 1. The van der Waals surface area contributed by atoms with Crippen LogP contribution in [0.5, 0.6) is 0 Å². The zero-order chi connectivity index (χ0) is 34.9. The minimum Gasteiger partial charge on any atom is -0.453 e. The molecule has 1 fully saturated rings. The van der Waals surface area contributed by atoms with Crippen molar-refractivity contribution in [1.82, 2.24) is 33.2 Å². The number of ether oxygens (including phenoxy) is 2. The van der Waals surface area contributed by atoms with Gasteiger partial charge in [0, 0.05) is 31.9 Å². The number of hydrogen-bond donors (Lipinski definition) is 1. The van der Waals surface area contributed by atoms with Crippen LogP contribution < -0.4 is 11.0 Å². The first kappa shape index (κ1) is 31.7. The molecule has 15 heteroatoms. The number of nitrogens with one attached hydrogen (secondary N) is 1. The van der Waals surface area contributed by atoms with E-state index < -0.39 is 40.3 Å². The van der Waals surface area contributed by atoms with Gasteiger partial charge in [-0.05, 0) is 36.1 Å². The van der Waals surface area contributed by atoms with Crippen LogP contribution in [0.15, 0.2) is 82.8 Å². The zero-order valence-corrected chi connectivity index (χ0v) is 28.1. The van der Waals surface area contributed by atoms with Crippen LogP contribution in [0.3, 0.4) is 0 Å². The Balaban J connectivity index is 1.55. The third-order valence-corrected chi connectivity index (χ3v) is 11.3. The van der Waals surface area contributed by atoms with Crippen molar-refractivity contribution in [2.75, 3.05) is 13.7 Å². The molecule has 6 heterocycles. The van der Waals surface area contributed by atoms with Crippen LogP contribution in [0, 0.1) is 5.95 Å². The van der Waals surface area contributed by atoms with E-state index in [0.717, 1.165) is 9.54 Å². The Labute approximate surface area is 285 Å². The van der Waals surface area contributed by atoms with Crippen LogP contribution in [0.1, 0.15) is 24.4 Å². The topological polar surface area (TPSA) is 144 Å². The lowest BCUT2D eigenvalue weighted by Crippen LogP contribution is -2.41. The molecule has 0 spiro atoms. The number of carbonyl (C=O) groups is 1. The predicted molar refractivity (Wildman–Crippen MR) is 183 cm³/mol. The lowest BCUT2D eigenvalue weighted by Gasteiger charge is -2.19. The van der Waals surface area contributed by atoms with Crippen LogP contribution in [0.2, 0.25) is 0 Å². The third kappa shape index (κ3) is 4.87. The van der Waals surface area contributed by atoms with Crippen molar-refractivity contribution in [2.45, 2.75) is 35.9 Å². The molecular weight excluding hydrogens is 665 g/mol. The van der Waals surface area contributed by atoms with Crippen molar-refractivity contribution in [1.29, 1.82) is 0 Å². The van der Waals surface area contributed by atoms with Gasteiger partial charge in [-0.3, -0.25) is 13.8 Å². The molecule has 50 heavy (non-hydrogen) atoms. The van der Waals surface area contributed by atoms with Crippen LogP contribution in [0.25, 0.3) is 50.5 Å². The molecule has 1 aliphatic carbocycles. The molecule has 4 bridgehead atoms. The zero-order valence-electron chi connectivity index (χ0n) is 27.3. The first-order valence-corrected chi connectivity index (χ1v) is 17.4. The maximum atomic E-state index is 15.9. The molecule has 0 saturated heterocycles. The number of halogens is 1. The summed E-state index contributed by atoms with van der Waals surface area (Å²) in [5.74, 6) is -0.874. The summed E-state index contributed by atoms with van der Waals surface area (Å²) < 4.78 is 62.0. The molecule has 3 aliphatic rings. The van der Waals surface area contributed by atoms with Crippen molar-refractivity contribution in [3.63, 3.8) is 0 Å². The fraction of sp³-hybridized carbons (Fsp3) is 0.257. The van der Waals surface area contributed by atoms with Crippen LogP contribution in [0.4, 0.5) is 9.18 Å². The summed E-state index contributed by atoms with van der Waals surface area (Å²) in [5.41, 5.74) is 2.25. The van der Waals surface area contributed by atoms with Gasteiger partial charge in [0.05, 0.1) is 64.6 Å². The van der Waals surface area contributed by atoms with E-state index in [9.17, 15) is 18.0 Å². The highest BCUT2D eigenvalue weighted by Crippen LogP contribution is 2.46. The van der Waals surface area contributed by atoms with Gasteiger partial charge in [0.15, 0.2) is 5.65 Å². The highest BCUT2D eigenvalue weighted by Gasteiger charge is 2.40. The Morgan fingerprint density at radius 2 is 1.84 bits per heavy atom. The number of fused-ring (bicyclic) bond motifs is 4. The van der Waals surface area contributed by atoms with Gasteiger partial charge >= 0.3 is 11.8 Å². The number of amides is 1. The van der Waals surface area contributed by atoms with Crippen molar-refractivity contribution < 1.29 is 27.1 Å². The smallest absolute Gasteiger partial charge is 0.407 e. The summed E-state index contributed by atoms with van der Waals surface area (Å²) in [7, 11) is 0.0337. The second-order valence-corrected chi connectivity index (χ2v) is 14.3. The van der Waals surface area contributed by atoms with Gasteiger partial charge in [-0.2, -0.15) is 4.39 Å². The molecule has 6 aromatic rings. The Morgan fingerprint density at radius 1 is 1.08 bits per heavy atom. The van der Waals surface area contributed by atoms with E-state index in [4.69, 9.17) is 14.5 Å². The van der Waals surface area contributed by atoms with E-state index in [2.05, 4.69) is 10.4 Å². The number of carbonyl (C=O) groups excluding carboxylic acids is 1.